The molecular formula is C25H31BrN2O5. The van der Waals surface area contributed by atoms with Gasteiger partial charge in [-0.25, -0.2) is 9.59 Å². The van der Waals surface area contributed by atoms with Crippen LogP contribution in [0.1, 0.15) is 57.5 Å². The molecule has 2 amide bonds. The zero-order valence-corrected chi connectivity index (χ0v) is 21.4. The summed E-state index contributed by atoms with van der Waals surface area (Å²) in [5, 5.41) is 5.44. The van der Waals surface area contributed by atoms with Crippen LogP contribution in [0, 0.1) is 0 Å². The monoisotopic (exact) mass is 518 g/mol. The number of carbonyl (C=O) groups excluding carboxylic acids is 3. The lowest BCUT2D eigenvalue weighted by molar-refractivity contribution is -0.118. The van der Waals surface area contributed by atoms with E-state index in [1.165, 1.54) is 0 Å². The molecule has 0 fully saturated rings. The second kappa shape index (κ2) is 10.8. The number of ether oxygens (including phenoxy) is 2. The Labute approximate surface area is 203 Å². The molecule has 2 aromatic carbocycles. The van der Waals surface area contributed by atoms with Crippen LogP contribution in [0.4, 0.5) is 10.5 Å². The molecule has 0 unspecified atom stereocenters. The minimum absolute atomic E-state index is 0.272. The third-order valence-electron chi connectivity index (χ3n) is 4.15. The van der Waals surface area contributed by atoms with Crippen molar-refractivity contribution in [3.05, 3.63) is 64.1 Å². The third-order valence-corrected chi connectivity index (χ3v) is 4.68. The molecule has 0 aromatic heterocycles. The maximum Gasteiger partial charge on any atom is 0.408 e. The van der Waals surface area contributed by atoms with Gasteiger partial charge < -0.3 is 20.1 Å². The van der Waals surface area contributed by atoms with Gasteiger partial charge in [-0.1, -0.05) is 28.1 Å². The van der Waals surface area contributed by atoms with Crippen molar-refractivity contribution in [2.75, 3.05) is 5.32 Å². The van der Waals surface area contributed by atoms with Crippen LogP contribution in [0.25, 0.3) is 0 Å². The Morgan fingerprint density at radius 1 is 0.848 bits per heavy atom. The van der Waals surface area contributed by atoms with Gasteiger partial charge in [0, 0.05) is 16.6 Å². The lowest BCUT2D eigenvalue weighted by Crippen LogP contribution is -2.47. The fourth-order valence-corrected chi connectivity index (χ4v) is 3.04. The SMILES string of the molecule is CC(C)(C)OC(=O)N[C@@H](Cc1ccc(Br)cc1)C(=O)Nc1ccc(C(=O)OC(C)(C)C)cc1. The second-order valence-electron chi connectivity index (χ2n) is 9.60. The number of carbonyl (C=O) groups is 3. The van der Waals surface area contributed by atoms with E-state index in [1.807, 2.05) is 24.3 Å². The predicted octanol–water partition coefficient (Wildman–Crippen LogP) is 5.48. The smallest absolute Gasteiger partial charge is 0.408 e. The van der Waals surface area contributed by atoms with Crippen molar-refractivity contribution < 1.29 is 23.9 Å². The molecule has 0 saturated carbocycles. The Morgan fingerprint density at radius 3 is 1.91 bits per heavy atom. The van der Waals surface area contributed by atoms with Gasteiger partial charge in [0.25, 0.3) is 0 Å². The summed E-state index contributed by atoms with van der Waals surface area (Å²) >= 11 is 3.39. The number of amides is 2. The van der Waals surface area contributed by atoms with E-state index in [-0.39, 0.29) is 6.42 Å². The van der Waals surface area contributed by atoms with Gasteiger partial charge in [0.15, 0.2) is 0 Å². The molecule has 2 N–H and O–H groups in total. The number of hydrogen-bond acceptors (Lipinski definition) is 5. The number of esters is 1. The van der Waals surface area contributed by atoms with Crippen molar-refractivity contribution in [1.29, 1.82) is 0 Å². The molecule has 33 heavy (non-hydrogen) atoms. The highest BCUT2D eigenvalue weighted by atomic mass is 79.9. The molecule has 0 aliphatic carbocycles. The molecule has 0 aliphatic rings. The summed E-state index contributed by atoms with van der Waals surface area (Å²) in [4.78, 5) is 37.5. The number of anilines is 1. The Hall–Kier alpha value is -2.87. The number of benzene rings is 2. The van der Waals surface area contributed by atoms with Gasteiger partial charge in [-0.15, -0.1) is 0 Å². The van der Waals surface area contributed by atoms with E-state index in [4.69, 9.17) is 9.47 Å². The van der Waals surface area contributed by atoms with Crippen LogP contribution in [0.15, 0.2) is 53.0 Å². The molecule has 178 valence electrons. The van der Waals surface area contributed by atoms with E-state index >= 15 is 0 Å². The molecule has 0 heterocycles. The summed E-state index contributed by atoms with van der Waals surface area (Å²) in [6.07, 6.45) is -0.408. The Bertz CT molecular complexity index is 974. The maximum absolute atomic E-state index is 13.0. The highest BCUT2D eigenvalue weighted by Gasteiger charge is 2.25. The summed E-state index contributed by atoms with van der Waals surface area (Å²) in [5.41, 5.74) is 0.438. The quantitative estimate of drug-likeness (QED) is 0.493. The normalized spacial score (nSPS) is 12.5. The van der Waals surface area contributed by atoms with Crippen LogP contribution in [0.5, 0.6) is 0 Å². The number of nitrogens with one attached hydrogen (secondary N) is 2. The first-order valence-corrected chi connectivity index (χ1v) is 11.4. The van der Waals surface area contributed by atoms with Crippen LogP contribution in [-0.4, -0.2) is 35.2 Å². The van der Waals surface area contributed by atoms with Gasteiger partial charge in [-0.3, -0.25) is 4.79 Å². The van der Waals surface area contributed by atoms with E-state index in [2.05, 4.69) is 26.6 Å². The van der Waals surface area contributed by atoms with Crippen molar-refractivity contribution in [3.8, 4) is 0 Å². The number of rotatable bonds is 6. The fourth-order valence-electron chi connectivity index (χ4n) is 2.77. The van der Waals surface area contributed by atoms with Crippen molar-refractivity contribution >= 4 is 39.6 Å². The van der Waals surface area contributed by atoms with Crippen molar-refractivity contribution in [3.63, 3.8) is 0 Å². The Balaban J connectivity index is 2.13. The molecule has 0 radical (unpaired) electrons. The van der Waals surface area contributed by atoms with Crippen LogP contribution >= 0.6 is 15.9 Å². The Kier molecular flexibility index (Phi) is 8.66. The largest absolute Gasteiger partial charge is 0.456 e. The first kappa shape index (κ1) is 26.4. The molecule has 0 spiro atoms. The molecule has 1 atom stereocenters. The lowest BCUT2D eigenvalue weighted by atomic mass is 10.1. The average Bonchev–Trinajstić information content (AvgIpc) is 2.67. The fraction of sp³-hybridized carbons (Fsp3) is 0.400. The minimum Gasteiger partial charge on any atom is -0.456 e. The summed E-state index contributed by atoms with van der Waals surface area (Å²) in [6.45, 7) is 10.6. The lowest BCUT2D eigenvalue weighted by Gasteiger charge is -2.23. The zero-order chi connectivity index (χ0) is 24.8. The van der Waals surface area contributed by atoms with Crippen LogP contribution in [0.3, 0.4) is 0 Å². The van der Waals surface area contributed by atoms with E-state index in [0.717, 1.165) is 10.0 Å². The Morgan fingerprint density at radius 2 is 1.39 bits per heavy atom. The van der Waals surface area contributed by atoms with Gasteiger partial charge in [0.05, 0.1) is 5.56 Å². The van der Waals surface area contributed by atoms with E-state index < -0.39 is 35.2 Å². The third kappa shape index (κ3) is 9.65. The topological polar surface area (TPSA) is 93.7 Å². The molecule has 0 aliphatic heterocycles. The summed E-state index contributed by atoms with van der Waals surface area (Å²) in [7, 11) is 0. The zero-order valence-electron chi connectivity index (χ0n) is 19.8. The summed E-state index contributed by atoms with van der Waals surface area (Å²) in [5.74, 6) is -0.853. The van der Waals surface area contributed by atoms with Crippen molar-refractivity contribution in [2.45, 2.75) is 65.2 Å². The van der Waals surface area contributed by atoms with E-state index in [1.54, 1.807) is 65.8 Å². The van der Waals surface area contributed by atoms with Crippen LogP contribution in [0.2, 0.25) is 0 Å². The van der Waals surface area contributed by atoms with Crippen LogP contribution in [-0.2, 0) is 20.7 Å². The van der Waals surface area contributed by atoms with E-state index in [9.17, 15) is 14.4 Å². The van der Waals surface area contributed by atoms with E-state index in [0.29, 0.717) is 11.3 Å². The van der Waals surface area contributed by atoms with Gasteiger partial charge in [-0.05, 0) is 83.5 Å². The number of halogens is 1. The molecule has 8 heteroatoms. The molecule has 0 bridgehead atoms. The van der Waals surface area contributed by atoms with Crippen molar-refractivity contribution in [1.82, 2.24) is 5.32 Å². The second-order valence-corrected chi connectivity index (χ2v) is 10.5. The van der Waals surface area contributed by atoms with Gasteiger partial charge in [-0.2, -0.15) is 0 Å². The van der Waals surface area contributed by atoms with Crippen LogP contribution < -0.4 is 10.6 Å². The van der Waals surface area contributed by atoms with Gasteiger partial charge in [0.1, 0.15) is 17.2 Å². The molecular weight excluding hydrogens is 488 g/mol. The summed E-state index contributed by atoms with van der Waals surface area (Å²) in [6, 6.07) is 13.0. The van der Waals surface area contributed by atoms with Gasteiger partial charge in [0.2, 0.25) is 5.91 Å². The first-order valence-electron chi connectivity index (χ1n) is 10.6. The van der Waals surface area contributed by atoms with Gasteiger partial charge >= 0.3 is 12.1 Å². The number of hydrogen-bond donors (Lipinski definition) is 2. The minimum atomic E-state index is -0.869. The molecule has 2 rings (SSSR count). The average molecular weight is 519 g/mol. The molecule has 2 aromatic rings. The predicted molar refractivity (Wildman–Crippen MR) is 131 cm³/mol. The highest BCUT2D eigenvalue weighted by Crippen LogP contribution is 2.17. The maximum atomic E-state index is 13.0. The molecule has 0 saturated heterocycles. The summed E-state index contributed by atoms with van der Waals surface area (Å²) < 4.78 is 11.6. The highest BCUT2D eigenvalue weighted by molar-refractivity contribution is 9.10. The number of alkyl carbamates (subject to hydrolysis) is 1. The standard InChI is InChI=1S/C25H31BrN2O5/c1-24(2,3)32-22(30)17-9-13-19(14-10-17)27-21(29)20(28-23(31)33-25(4,5)6)15-16-7-11-18(26)12-8-16/h7-14,20H,15H2,1-6H3,(H,27,29)(H,28,31)/t20-/m0/s1. The molecule has 7 nitrogen and oxygen atoms in total. The van der Waals surface area contributed by atoms with Crippen molar-refractivity contribution in [2.24, 2.45) is 0 Å². The first-order chi connectivity index (χ1) is 15.2.